The highest BCUT2D eigenvalue weighted by atomic mass is 32.2. The third-order valence-corrected chi connectivity index (χ3v) is 19.4. The summed E-state index contributed by atoms with van der Waals surface area (Å²) in [4.78, 5) is 8.38. The largest absolute Gasteiger partial charge is 0.743 e. The van der Waals surface area contributed by atoms with Crippen molar-refractivity contribution < 1.29 is 118 Å². The molecule has 0 spiro atoms. The third kappa shape index (κ3) is 18.3. The van der Waals surface area contributed by atoms with E-state index in [9.17, 15) is 118 Å². The van der Waals surface area contributed by atoms with Crippen LogP contribution in [0.1, 0.15) is 87.2 Å². The fourth-order valence-electron chi connectivity index (χ4n) is 8.70. The first-order chi connectivity index (χ1) is 40.6. The van der Waals surface area contributed by atoms with E-state index in [1.807, 2.05) is 0 Å². The minimum Gasteiger partial charge on any atom is -0.743 e. The summed E-state index contributed by atoms with van der Waals surface area (Å²) in [6.45, 7) is -3.67. The molecule has 2 aliphatic rings. The molecule has 0 atom stereocenters. The van der Waals surface area contributed by atoms with Crippen molar-refractivity contribution >= 4 is 42.0 Å². The minimum absolute atomic E-state index is 0.0278. The van der Waals surface area contributed by atoms with Gasteiger partial charge in [-0.3, -0.25) is 0 Å². The molecule has 0 N–H and O–H groups in total. The van der Waals surface area contributed by atoms with Crippen molar-refractivity contribution in [3.05, 3.63) is 181 Å². The van der Waals surface area contributed by atoms with Crippen LogP contribution in [0.25, 0.3) is 0 Å². The van der Waals surface area contributed by atoms with Gasteiger partial charge in [0.05, 0.1) is 21.8 Å². The lowest BCUT2D eigenvalue weighted by Gasteiger charge is -2.34. The van der Waals surface area contributed by atoms with Gasteiger partial charge in [-0.2, -0.15) is 92.2 Å². The lowest BCUT2D eigenvalue weighted by Crippen LogP contribution is -2.63. The van der Waals surface area contributed by atoms with Crippen molar-refractivity contribution in [2.75, 3.05) is 0 Å². The van der Waals surface area contributed by atoms with Gasteiger partial charge in [-0.25, -0.2) is 16.8 Å². The molecule has 2 aliphatic carbocycles. The summed E-state index contributed by atoms with van der Waals surface area (Å²) < 4.78 is 300. The molecule has 2 saturated carbocycles. The van der Waals surface area contributed by atoms with Gasteiger partial charge >= 0.3 is 53.2 Å². The maximum atomic E-state index is 12.2. The van der Waals surface area contributed by atoms with E-state index in [-0.39, 0.29) is 21.8 Å². The predicted octanol–water partition coefficient (Wildman–Crippen LogP) is 18.8. The van der Waals surface area contributed by atoms with E-state index >= 15 is 0 Å². The summed E-state index contributed by atoms with van der Waals surface area (Å²) >= 11 is 0. The van der Waals surface area contributed by atoms with Crippen molar-refractivity contribution in [3.63, 3.8) is 0 Å². The molecule has 2 fully saturated rings. The zero-order valence-electron chi connectivity index (χ0n) is 45.0. The van der Waals surface area contributed by atoms with Crippen molar-refractivity contribution in [3.8, 4) is 0 Å². The lowest BCUT2D eigenvalue weighted by atomic mass is 9.84. The summed E-state index contributed by atoms with van der Waals surface area (Å²) in [5, 5.41) is -14.2. The molecular formula is C57H51F21O6S4. The molecule has 0 aliphatic heterocycles. The molecule has 6 aromatic rings. The van der Waals surface area contributed by atoms with Crippen LogP contribution < -0.4 is 0 Å². The zero-order valence-corrected chi connectivity index (χ0v) is 48.3. The van der Waals surface area contributed by atoms with Crippen LogP contribution in [0, 0.1) is 0 Å². The van der Waals surface area contributed by atoms with Crippen molar-refractivity contribution in [2.45, 2.75) is 159 Å². The molecule has 0 heterocycles. The molecule has 0 unspecified atom stereocenters. The summed E-state index contributed by atoms with van der Waals surface area (Å²) in [6.07, 6.45) is -0.462. The number of halogens is 21. The van der Waals surface area contributed by atoms with Crippen LogP contribution in [-0.4, -0.2) is 79.2 Å². The molecule has 486 valence electrons. The van der Waals surface area contributed by atoms with Crippen LogP contribution in [0.5, 0.6) is 0 Å². The molecule has 31 heteroatoms. The minimum atomic E-state index is -7.43. The predicted molar refractivity (Wildman–Crippen MR) is 283 cm³/mol. The Hall–Kier alpha value is -5.63. The quantitative estimate of drug-likeness (QED) is 0.0610. The second-order valence-electron chi connectivity index (χ2n) is 19.2. The van der Waals surface area contributed by atoms with Crippen LogP contribution in [0.15, 0.2) is 199 Å². The lowest BCUT2D eigenvalue weighted by molar-refractivity contribution is -0.382. The number of hydrogen-bond donors (Lipinski definition) is 0. The maximum Gasteiger partial charge on any atom is 0.460 e. The normalized spacial score (nSPS) is 15.4. The van der Waals surface area contributed by atoms with Crippen molar-refractivity contribution in [2.24, 2.45) is 0 Å². The van der Waals surface area contributed by atoms with Crippen LogP contribution in [0.2, 0.25) is 0 Å². The van der Waals surface area contributed by atoms with Gasteiger partial charge in [-0.05, 0) is 121 Å². The van der Waals surface area contributed by atoms with Crippen LogP contribution in [-0.2, 0) is 42.0 Å². The Morgan fingerprint density at radius 2 is 0.511 bits per heavy atom. The number of hydrogen-bond acceptors (Lipinski definition) is 6. The van der Waals surface area contributed by atoms with Gasteiger partial charge in [0.25, 0.3) is 0 Å². The average molecular weight is 1360 g/mol. The highest BCUT2D eigenvalue weighted by Gasteiger charge is 2.85. The number of rotatable bonds is 14. The highest BCUT2D eigenvalue weighted by molar-refractivity contribution is 7.97. The van der Waals surface area contributed by atoms with E-state index in [1.54, 1.807) is 0 Å². The van der Waals surface area contributed by atoms with E-state index in [0.717, 1.165) is 11.8 Å². The smallest absolute Gasteiger partial charge is 0.460 e. The Morgan fingerprint density at radius 1 is 0.318 bits per heavy atom. The third-order valence-electron chi connectivity index (χ3n) is 13.2. The molecular weight excluding hydrogens is 1310 g/mol. The Balaban J connectivity index is 0.000000250. The molecule has 88 heavy (non-hydrogen) atoms. The van der Waals surface area contributed by atoms with Crippen LogP contribution in [0.3, 0.4) is 0 Å². The Labute approximate surface area is 497 Å². The van der Waals surface area contributed by atoms with Gasteiger partial charge in [-0.1, -0.05) is 136 Å². The first-order valence-electron chi connectivity index (χ1n) is 25.7. The Bertz CT molecular complexity index is 2980. The van der Waals surface area contributed by atoms with Gasteiger partial charge in [0.2, 0.25) is 0 Å². The summed E-state index contributed by atoms with van der Waals surface area (Å²) in [6, 6.07) is 62.6. The van der Waals surface area contributed by atoms with E-state index in [4.69, 9.17) is 0 Å². The van der Waals surface area contributed by atoms with E-state index < -0.39 is 73.5 Å². The highest BCUT2D eigenvalue weighted by Crippen LogP contribution is 2.56. The average Bonchev–Trinajstić information content (AvgIpc) is 0.841. The zero-order chi connectivity index (χ0) is 66.4. The fraction of sp³-hybridized carbons (Fsp3) is 0.368. The van der Waals surface area contributed by atoms with Crippen molar-refractivity contribution in [1.29, 1.82) is 0 Å². The van der Waals surface area contributed by atoms with Crippen molar-refractivity contribution in [1.82, 2.24) is 0 Å². The van der Waals surface area contributed by atoms with E-state index in [2.05, 4.69) is 170 Å². The van der Waals surface area contributed by atoms with Gasteiger partial charge in [0.15, 0.2) is 49.6 Å². The van der Waals surface area contributed by atoms with Gasteiger partial charge in [-0.15, -0.1) is 0 Å². The van der Waals surface area contributed by atoms with Gasteiger partial charge in [0, 0.05) is 0 Å². The number of alkyl halides is 21. The first kappa shape index (κ1) is 74.8. The topological polar surface area (TPSA) is 114 Å². The Morgan fingerprint density at radius 3 is 0.693 bits per heavy atom. The van der Waals surface area contributed by atoms with E-state index in [0.29, 0.717) is 0 Å². The fourth-order valence-corrected chi connectivity index (χ4v) is 13.8. The second-order valence-corrected chi connectivity index (χ2v) is 26.0. The van der Waals surface area contributed by atoms with Gasteiger partial charge in [0.1, 0.15) is 0 Å². The van der Waals surface area contributed by atoms with Crippen LogP contribution >= 0.6 is 0 Å². The van der Waals surface area contributed by atoms with E-state index in [1.165, 1.54) is 105 Å². The molecule has 0 aromatic heterocycles. The summed E-state index contributed by atoms with van der Waals surface area (Å²) in [5.41, 5.74) is 3.07. The molecule has 0 saturated heterocycles. The second kappa shape index (κ2) is 30.5. The monoisotopic (exact) mass is 1360 g/mol. The summed E-state index contributed by atoms with van der Waals surface area (Å²) in [7, 11) is -14.9. The maximum absolute atomic E-state index is 12.2. The molecule has 0 amide bonds. The molecule has 6 aromatic carbocycles. The molecule has 8 rings (SSSR count). The Kier molecular flexibility index (Phi) is 25.9. The molecule has 6 nitrogen and oxygen atoms in total. The summed E-state index contributed by atoms with van der Waals surface area (Å²) in [5.74, 6) is -28.1. The molecule has 0 bridgehead atoms. The first-order valence-corrected chi connectivity index (χ1v) is 31.0. The van der Waals surface area contributed by atoms with Crippen LogP contribution in [0.4, 0.5) is 92.2 Å². The van der Waals surface area contributed by atoms with Gasteiger partial charge < -0.3 is 9.11 Å². The standard InChI is InChI=1S/2C24H25S.2C4HF9O3S.CHF3/c2*1-4-10-20(11-5-1)21-16-18-24(19-17-21)25(22-12-6-2-7-13-22)23-14-8-3-9-15-23;2*5-1(6,3(9,10)11)2(7,8)4(12,13)17(14,15)16;2-1(3)4/h2*2-3,6-9,12-20H,1,4-5,10-11H2;2*(H,14,15,16);1H/q2*+1;;;/p-2. The number of benzene rings is 6. The molecule has 0 radical (unpaired) electrons. The SMILES string of the molecule is FC(F)F.O=S(=O)([O-])C(F)(F)C(F)(F)C(F)(F)C(F)(F)F.O=S(=O)([O-])C(F)(F)C(F)(F)C(F)(F)C(F)(F)F.c1ccc([S+](c2ccccc2)c2ccc(C3CCCCC3)cc2)cc1.c1ccc([S+](c2ccccc2)c2ccc(C3CCCCC3)cc2)cc1.